The molecule has 0 radical (unpaired) electrons. The van der Waals surface area contributed by atoms with Crippen LogP contribution in [-0.4, -0.2) is 26.5 Å². The van der Waals surface area contributed by atoms with Crippen molar-refractivity contribution in [3.63, 3.8) is 0 Å². The molecule has 0 spiro atoms. The summed E-state index contributed by atoms with van der Waals surface area (Å²) < 4.78 is 33.1. The molecule has 9 heteroatoms. The molecule has 0 bridgehead atoms. The first-order valence-electron chi connectivity index (χ1n) is 7.08. The fourth-order valence-corrected chi connectivity index (χ4v) is 4.91. The van der Waals surface area contributed by atoms with E-state index in [1.54, 1.807) is 25.1 Å². The van der Waals surface area contributed by atoms with Crippen molar-refractivity contribution in [1.29, 1.82) is 0 Å². The number of esters is 1. The highest BCUT2D eigenvalue weighted by molar-refractivity contribution is 7.93. The lowest BCUT2D eigenvalue weighted by atomic mass is 10.1. The maximum atomic E-state index is 12.6. The Balaban J connectivity index is 1.94. The van der Waals surface area contributed by atoms with Gasteiger partial charge in [-0.3, -0.25) is 4.72 Å². The summed E-state index contributed by atoms with van der Waals surface area (Å²) in [5.41, 5.74) is 1.37. The minimum atomic E-state index is -3.84. The Morgan fingerprint density at radius 1 is 1.24 bits per heavy atom. The van der Waals surface area contributed by atoms with E-state index in [1.165, 1.54) is 36.6 Å². The van der Waals surface area contributed by atoms with Gasteiger partial charge in [-0.2, -0.15) is 0 Å². The molecule has 2 aromatic carbocycles. The van der Waals surface area contributed by atoms with Gasteiger partial charge in [0.05, 0.1) is 27.8 Å². The minimum Gasteiger partial charge on any atom is -0.465 e. The minimum absolute atomic E-state index is 0.0671. The van der Waals surface area contributed by atoms with Crippen molar-refractivity contribution in [2.45, 2.75) is 11.8 Å². The number of rotatable bonds is 4. The van der Waals surface area contributed by atoms with Gasteiger partial charge in [-0.25, -0.2) is 18.2 Å². The van der Waals surface area contributed by atoms with Crippen LogP contribution >= 0.6 is 22.9 Å². The highest BCUT2D eigenvalue weighted by Crippen LogP contribution is 2.30. The van der Waals surface area contributed by atoms with Crippen molar-refractivity contribution in [1.82, 2.24) is 4.98 Å². The van der Waals surface area contributed by atoms with E-state index in [1.807, 2.05) is 0 Å². The number of ether oxygens (including phenoxy) is 1. The van der Waals surface area contributed by atoms with Crippen molar-refractivity contribution >= 4 is 54.3 Å². The number of hydrogen-bond acceptors (Lipinski definition) is 6. The molecule has 0 aliphatic carbocycles. The maximum Gasteiger partial charge on any atom is 0.337 e. The van der Waals surface area contributed by atoms with Gasteiger partial charge in [-0.1, -0.05) is 22.9 Å². The predicted molar refractivity (Wildman–Crippen MR) is 98.0 cm³/mol. The predicted octanol–water partition coefficient (Wildman–Crippen LogP) is 3.85. The van der Waals surface area contributed by atoms with Crippen molar-refractivity contribution in [2.24, 2.45) is 0 Å². The van der Waals surface area contributed by atoms with Crippen molar-refractivity contribution in [3.8, 4) is 0 Å². The zero-order valence-corrected chi connectivity index (χ0v) is 15.6. The Morgan fingerprint density at radius 3 is 2.68 bits per heavy atom. The van der Waals surface area contributed by atoms with Crippen LogP contribution in [0.25, 0.3) is 10.2 Å². The van der Waals surface area contributed by atoms with Gasteiger partial charge in [-0.05, 0) is 48.9 Å². The summed E-state index contributed by atoms with van der Waals surface area (Å²) in [6.45, 7) is 1.61. The van der Waals surface area contributed by atoms with E-state index in [4.69, 9.17) is 11.6 Å². The molecule has 25 heavy (non-hydrogen) atoms. The summed E-state index contributed by atoms with van der Waals surface area (Å²) >= 11 is 7.12. The van der Waals surface area contributed by atoms with E-state index in [0.717, 1.165) is 4.70 Å². The van der Waals surface area contributed by atoms with Gasteiger partial charge in [0.1, 0.15) is 0 Å². The molecular formula is C16H13ClN2O4S2. The maximum absolute atomic E-state index is 12.6. The van der Waals surface area contributed by atoms with Gasteiger partial charge in [0, 0.05) is 5.02 Å². The number of anilines is 1. The normalized spacial score (nSPS) is 11.5. The number of benzene rings is 2. The Morgan fingerprint density at radius 2 is 2.00 bits per heavy atom. The van der Waals surface area contributed by atoms with E-state index in [2.05, 4.69) is 14.4 Å². The summed E-state index contributed by atoms with van der Waals surface area (Å²) in [5, 5.41) is 0.800. The Hall–Kier alpha value is -2.16. The van der Waals surface area contributed by atoms with Gasteiger partial charge >= 0.3 is 5.97 Å². The second-order valence-electron chi connectivity index (χ2n) is 5.21. The van der Waals surface area contributed by atoms with Gasteiger partial charge in [-0.15, -0.1) is 0 Å². The number of carbonyl (C=O) groups is 1. The van der Waals surface area contributed by atoms with Crippen LogP contribution in [0.2, 0.25) is 5.02 Å². The summed E-state index contributed by atoms with van der Waals surface area (Å²) in [4.78, 5) is 15.9. The topological polar surface area (TPSA) is 85.4 Å². The number of methoxy groups -OCH3 is 1. The number of thiazole rings is 1. The highest BCUT2D eigenvalue weighted by Gasteiger charge is 2.20. The molecular weight excluding hydrogens is 384 g/mol. The lowest BCUT2D eigenvalue weighted by Gasteiger charge is -2.09. The van der Waals surface area contributed by atoms with E-state index in [0.29, 0.717) is 16.1 Å². The molecule has 0 unspecified atom stereocenters. The molecule has 0 fully saturated rings. The Labute approximate surface area is 153 Å². The quantitative estimate of drug-likeness (QED) is 0.677. The molecule has 0 saturated carbocycles. The molecule has 1 aromatic heterocycles. The number of hydrogen-bond donors (Lipinski definition) is 1. The molecule has 0 atom stereocenters. The zero-order chi connectivity index (χ0) is 18.2. The fourth-order valence-electron chi connectivity index (χ4n) is 2.31. The smallest absolute Gasteiger partial charge is 0.337 e. The van der Waals surface area contributed by atoms with Gasteiger partial charge < -0.3 is 4.74 Å². The highest BCUT2D eigenvalue weighted by atomic mass is 35.5. The Bertz CT molecular complexity index is 1080. The van der Waals surface area contributed by atoms with Crippen LogP contribution in [0.4, 0.5) is 5.13 Å². The van der Waals surface area contributed by atoms with Gasteiger partial charge in [0.2, 0.25) is 0 Å². The van der Waals surface area contributed by atoms with Gasteiger partial charge in [0.15, 0.2) is 5.13 Å². The van der Waals surface area contributed by atoms with Crippen LogP contribution in [0.3, 0.4) is 0 Å². The number of halogens is 1. The van der Waals surface area contributed by atoms with Crippen LogP contribution < -0.4 is 4.72 Å². The molecule has 6 nitrogen and oxygen atoms in total. The van der Waals surface area contributed by atoms with Crippen molar-refractivity contribution in [2.75, 3.05) is 11.8 Å². The molecule has 0 saturated heterocycles. The molecule has 3 aromatic rings. The molecule has 0 aliphatic heterocycles. The lowest BCUT2D eigenvalue weighted by Crippen LogP contribution is -2.14. The van der Waals surface area contributed by atoms with Crippen molar-refractivity contribution < 1.29 is 17.9 Å². The third-order valence-electron chi connectivity index (χ3n) is 3.46. The number of nitrogens with zero attached hydrogens (tertiary/aromatic N) is 1. The second-order valence-corrected chi connectivity index (χ2v) is 8.33. The van der Waals surface area contributed by atoms with Gasteiger partial charge in [0.25, 0.3) is 10.0 Å². The lowest BCUT2D eigenvalue weighted by molar-refractivity contribution is 0.0600. The number of aryl methyl sites for hydroxylation is 1. The first kappa shape index (κ1) is 17.7. The number of sulfonamides is 1. The summed E-state index contributed by atoms with van der Waals surface area (Å²) in [6.07, 6.45) is 0. The number of nitrogens with one attached hydrogen (secondary N) is 1. The van der Waals surface area contributed by atoms with Crippen LogP contribution in [0.5, 0.6) is 0 Å². The molecule has 1 heterocycles. The zero-order valence-electron chi connectivity index (χ0n) is 13.2. The van der Waals surface area contributed by atoms with Crippen LogP contribution in [0.15, 0.2) is 41.3 Å². The number of fused-ring (bicyclic) bond motifs is 1. The van der Waals surface area contributed by atoms with E-state index in [-0.39, 0.29) is 15.6 Å². The standard InChI is InChI=1S/C16H13ClN2O4S2/c1-9-7-10(15(20)23-2)3-6-14(9)25(21,22)19-16-18-12-5-4-11(17)8-13(12)24-16/h3-8H,1-2H3,(H,18,19). The van der Waals surface area contributed by atoms with E-state index in [9.17, 15) is 13.2 Å². The molecule has 1 N–H and O–H groups in total. The molecule has 130 valence electrons. The third kappa shape index (κ3) is 3.60. The van der Waals surface area contributed by atoms with Crippen LogP contribution in [0, 0.1) is 6.92 Å². The molecule has 3 rings (SSSR count). The summed E-state index contributed by atoms with van der Waals surface area (Å²) in [6, 6.07) is 9.39. The fraction of sp³-hybridized carbons (Fsp3) is 0.125. The first-order valence-corrected chi connectivity index (χ1v) is 9.76. The monoisotopic (exact) mass is 396 g/mol. The third-order valence-corrected chi connectivity index (χ3v) is 6.25. The van der Waals surface area contributed by atoms with Crippen LogP contribution in [0.1, 0.15) is 15.9 Å². The average molecular weight is 397 g/mol. The summed E-state index contributed by atoms with van der Waals surface area (Å²) in [5.74, 6) is -0.525. The number of aromatic nitrogens is 1. The van der Waals surface area contributed by atoms with E-state index < -0.39 is 16.0 Å². The Kier molecular flexibility index (Phi) is 4.68. The molecule has 0 aliphatic rings. The van der Waals surface area contributed by atoms with Crippen LogP contribution in [-0.2, 0) is 14.8 Å². The van der Waals surface area contributed by atoms with Crippen molar-refractivity contribution in [3.05, 3.63) is 52.5 Å². The number of carbonyl (C=O) groups excluding carboxylic acids is 1. The first-order chi connectivity index (χ1) is 11.8. The second kappa shape index (κ2) is 6.62. The summed E-state index contributed by atoms with van der Waals surface area (Å²) in [7, 11) is -2.57. The average Bonchev–Trinajstić information content (AvgIpc) is 2.94. The van der Waals surface area contributed by atoms with E-state index >= 15 is 0 Å². The SMILES string of the molecule is COC(=O)c1ccc(S(=O)(=O)Nc2nc3ccc(Cl)cc3s2)c(C)c1. The largest absolute Gasteiger partial charge is 0.465 e. The molecule has 0 amide bonds.